The van der Waals surface area contributed by atoms with Crippen molar-refractivity contribution < 1.29 is 4.43 Å². The van der Waals surface area contributed by atoms with Crippen LogP contribution in [0.2, 0.25) is 18.1 Å². The summed E-state index contributed by atoms with van der Waals surface area (Å²) in [6.07, 6.45) is 0. The highest BCUT2D eigenvalue weighted by Gasteiger charge is 2.32. The zero-order chi connectivity index (χ0) is 9.07. The zero-order valence-electron chi connectivity index (χ0n) is 8.77. The summed E-state index contributed by atoms with van der Waals surface area (Å²) in [4.78, 5) is 0. The molecule has 0 N–H and O–H groups in total. The van der Waals surface area contributed by atoms with Crippen LogP contribution in [0.5, 0.6) is 0 Å². The molecule has 68 valence electrons. The second-order valence-corrected chi connectivity index (χ2v) is 8.87. The lowest BCUT2D eigenvalue weighted by atomic mass is 10.3. The SMILES string of the molecule is CO[Si](C)(CC(C)C)C(C)C. The molecule has 0 aliphatic heterocycles. The molecular formula is C9H22OSi. The molecule has 0 rings (SSSR count). The van der Waals surface area contributed by atoms with Gasteiger partial charge >= 0.3 is 0 Å². The largest absolute Gasteiger partial charge is 0.420 e. The van der Waals surface area contributed by atoms with Crippen molar-refractivity contribution >= 4 is 8.32 Å². The molecule has 11 heavy (non-hydrogen) atoms. The van der Waals surface area contributed by atoms with E-state index in [1.165, 1.54) is 6.04 Å². The molecule has 2 heteroatoms. The van der Waals surface area contributed by atoms with Gasteiger partial charge in [0.1, 0.15) is 0 Å². The first kappa shape index (κ1) is 11.2. The number of hydrogen-bond acceptors (Lipinski definition) is 1. The van der Waals surface area contributed by atoms with Crippen LogP contribution in [0.1, 0.15) is 27.7 Å². The molecule has 0 heterocycles. The van der Waals surface area contributed by atoms with Crippen LogP contribution in [0, 0.1) is 5.92 Å². The third kappa shape index (κ3) is 3.39. The maximum atomic E-state index is 5.65. The Morgan fingerprint density at radius 3 is 1.73 bits per heavy atom. The summed E-state index contributed by atoms with van der Waals surface area (Å²) in [5, 5.41) is 0. The quantitative estimate of drug-likeness (QED) is 0.594. The van der Waals surface area contributed by atoms with Gasteiger partial charge in [0, 0.05) is 7.11 Å². The molecule has 0 saturated heterocycles. The van der Waals surface area contributed by atoms with E-state index in [0.29, 0.717) is 0 Å². The molecule has 0 aromatic carbocycles. The van der Waals surface area contributed by atoms with E-state index in [0.717, 1.165) is 11.5 Å². The molecule has 0 aromatic rings. The van der Waals surface area contributed by atoms with Gasteiger partial charge in [-0.15, -0.1) is 0 Å². The first-order valence-electron chi connectivity index (χ1n) is 4.47. The summed E-state index contributed by atoms with van der Waals surface area (Å²) in [5.41, 5.74) is 0.731. The fourth-order valence-electron chi connectivity index (χ4n) is 1.37. The first-order valence-corrected chi connectivity index (χ1v) is 7.16. The third-order valence-electron chi connectivity index (χ3n) is 2.50. The van der Waals surface area contributed by atoms with Crippen LogP contribution in [-0.4, -0.2) is 15.4 Å². The summed E-state index contributed by atoms with van der Waals surface area (Å²) in [7, 11) is 0.506. The van der Waals surface area contributed by atoms with E-state index in [9.17, 15) is 0 Å². The molecule has 0 aliphatic rings. The minimum Gasteiger partial charge on any atom is -0.420 e. The normalized spacial score (nSPS) is 17.5. The van der Waals surface area contributed by atoms with Crippen molar-refractivity contribution in [1.29, 1.82) is 0 Å². The standard InChI is InChI=1S/C9H22OSi/c1-8(2)7-11(6,10-5)9(3)4/h8-9H,7H2,1-6H3. The van der Waals surface area contributed by atoms with Gasteiger partial charge in [0.2, 0.25) is 0 Å². The van der Waals surface area contributed by atoms with Gasteiger partial charge in [-0.05, 0) is 24.1 Å². The Morgan fingerprint density at radius 1 is 1.18 bits per heavy atom. The maximum absolute atomic E-state index is 5.65. The first-order chi connectivity index (χ1) is 4.92. The number of rotatable bonds is 4. The predicted molar refractivity (Wildman–Crippen MR) is 53.4 cm³/mol. The van der Waals surface area contributed by atoms with Gasteiger partial charge in [0.25, 0.3) is 0 Å². The van der Waals surface area contributed by atoms with Crippen LogP contribution in [0.15, 0.2) is 0 Å². The van der Waals surface area contributed by atoms with E-state index >= 15 is 0 Å². The predicted octanol–water partition coefficient (Wildman–Crippen LogP) is 3.27. The molecule has 1 unspecified atom stereocenters. The molecule has 0 bridgehead atoms. The van der Waals surface area contributed by atoms with Crippen molar-refractivity contribution in [1.82, 2.24) is 0 Å². The van der Waals surface area contributed by atoms with E-state index < -0.39 is 8.32 Å². The molecule has 0 fully saturated rings. The molecule has 0 aromatic heterocycles. The smallest absolute Gasteiger partial charge is 0.191 e. The summed E-state index contributed by atoms with van der Waals surface area (Å²) in [6.45, 7) is 11.4. The highest BCUT2D eigenvalue weighted by molar-refractivity contribution is 6.73. The molecule has 0 saturated carbocycles. The van der Waals surface area contributed by atoms with Crippen LogP contribution in [-0.2, 0) is 4.43 Å². The highest BCUT2D eigenvalue weighted by atomic mass is 28.4. The Bertz CT molecular complexity index is 112. The highest BCUT2D eigenvalue weighted by Crippen LogP contribution is 2.28. The van der Waals surface area contributed by atoms with Gasteiger partial charge in [-0.25, -0.2) is 0 Å². The van der Waals surface area contributed by atoms with Crippen LogP contribution in [0.3, 0.4) is 0 Å². The second-order valence-electron chi connectivity index (χ2n) is 4.27. The minimum atomic E-state index is -1.36. The Balaban J connectivity index is 4.10. The van der Waals surface area contributed by atoms with Gasteiger partial charge in [0.05, 0.1) is 0 Å². The van der Waals surface area contributed by atoms with Crippen molar-refractivity contribution in [3.8, 4) is 0 Å². The fourth-order valence-corrected chi connectivity index (χ4v) is 4.10. The van der Waals surface area contributed by atoms with Crippen molar-refractivity contribution in [2.45, 2.75) is 45.8 Å². The van der Waals surface area contributed by atoms with E-state index in [-0.39, 0.29) is 0 Å². The van der Waals surface area contributed by atoms with Crippen LogP contribution >= 0.6 is 0 Å². The van der Waals surface area contributed by atoms with Crippen molar-refractivity contribution in [2.24, 2.45) is 5.92 Å². The minimum absolute atomic E-state index is 0.731. The van der Waals surface area contributed by atoms with Crippen molar-refractivity contribution in [3.05, 3.63) is 0 Å². The average Bonchev–Trinajstić information content (AvgIpc) is 1.86. The Hall–Kier alpha value is 0.177. The monoisotopic (exact) mass is 174 g/mol. The third-order valence-corrected chi connectivity index (χ3v) is 7.50. The second kappa shape index (κ2) is 4.26. The van der Waals surface area contributed by atoms with Gasteiger partial charge in [0.15, 0.2) is 8.32 Å². The van der Waals surface area contributed by atoms with E-state index in [4.69, 9.17) is 4.43 Å². The lowest BCUT2D eigenvalue weighted by Gasteiger charge is -2.30. The van der Waals surface area contributed by atoms with Crippen molar-refractivity contribution in [3.63, 3.8) is 0 Å². The molecule has 0 aliphatic carbocycles. The van der Waals surface area contributed by atoms with E-state index in [1.54, 1.807) is 0 Å². The van der Waals surface area contributed by atoms with Gasteiger partial charge in [-0.3, -0.25) is 0 Å². The topological polar surface area (TPSA) is 9.23 Å². The maximum Gasteiger partial charge on any atom is 0.191 e. The van der Waals surface area contributed by atoms with Crippen LogP contribution in [0.4, 0.5) is 0 Å². The zero-order valence-corrected chi connectivity index (χ0v) is 9.77. The van der Waals surface area contributed by atoms with Crippen LogP contribution in [0.25, 0.3) is 0 Å². The summed E-state index contributed by atoms with van der Waals surface area (Å²) in [6, 6.07) is 1.28. The summed E-state index contributed by atoms with van der Waals surface area (Å²) >= 11 is 0. The Kier molecular flexibility index (Phi) is 4.33. The molecule has 0 spiro atoms. The van der Waals surface area contributed by atoms with E-state index in [1.807, 2.05) is 7.11 Å². The van der Waals surface area contributed by atoms with Gasteiger partial charge < -0.3 is 4.43 Å². The Labute approximate surface area is 72.3 Å². The Morgan fingerprint density at radius 2 is 1.64 bits per heavy atom. The van der Waals surface area contributed by atoms with Gasteiger partial charge in [-0.1, -0.05) is 27.7 Å². The van der Waals surface area contributed by atoms with E-state index in [2.05, 4.69) is 34.2 Å². The fraction of sp³-hybridized carbons (Fsp3) is 1.00. The van der Waals surface area contributed by atoms with Crippen molar-refractivity contribution in [2.75, 3.05) is 7.11 Å². The lowest BCUT2D eigenvalue weighted by molar-refractivity contribution is 0.379. The molecule has 0 radical (unpaired) electrons. The lowest BCUT2D eigenvalue weighted by Crippen LogP contribution is -2.37. The molecule has 0 amide bonds. The van der Waals surface area contributed by atoms with Crippen LogP contribution < -0.4 is 0 Å². The molecule has 1 atom stereocenters. The van der Waals surface area contributed by atoms with Gasteiger partial charge in [-0.2, -0.15) is 0 Å². The summed E-state index contributed by atoms with van der Waals surface area (Å²) < 4.78 is 5.65. The number of hydrogen-bond donors (Lipinski definition) is 0. The molecular weight excluding hydrogens is 152 g/mol. The summed E-state index contributed by atoms with van der Waals surface area (Å²) in [5.74, 6) is 0.772. The average molecular weight is 174 g/mol. The molecule has 1 nitrogen and oxygen atoms in total.